The average molecular weight is 355 g/mol. The number of carbonyl (C=O) groups is 1. The first-order valence-electron chi connectivity index (χ1n) is 7.95. The van der Waals surface area contributed by atoms with Crippen LogP contribution in [0.2, 0.25) is 0 Å². The average Bonchev–Trinajstić information content (AvgIpc) is 2.50. The Labute approximate surface area is 143 Å². The third-order valence-corrected chi connectivity index (χ3v) is 4.64. The topological polar surface area (TPSA) is 87.7 Å². The Balaban J connectivity index is 2.14. The van der Waals surface area contributed by atoms with Gasteiger partial charge in [-0.3, -0.25) is 4.72 Å². The number of amides is 2. The van der Waals surface area contributed by atoms with Crippen molar-refractivity contribution in [2.24, 2.45) is 0 Å². The molecule has 7 nitrogen and oxygen atoms in total. The van der Waals surface area contributed by atoms with Gasteiger partial charge in [-0.25, -0.2) is 13.2 Å². The van der Waals surface area contributed by atoms with Crippen LogP contribution in [0.15, 0.2) is 18.2 Å². The van der Waals surface area contributed by atoms with Crippen LogP contribution >= 0.6 is 0 Å². The van der Waals surface area contributed by atoms with Crippen molar-refractivity contribution in [3.8, 4) is 0 Å². The molecule has 24 heavy (non-hydrogen) atoms. The Hall–Kier alpha value is -1.80. The van der Waals surface area contributed by atoms with Crippen LogP contribution in [0.5, 0.6) is 0 Å². The normalized spacial score (nSPS) is 18.3. The fraction of sp³-hybridized carbons (Fsp3) is 0.562. The summed E-state index contributed by atoms with van der Waals surface area (Å²) in [5, 5.41) is 2.89. The van der Waals surface area contributed by atoms with E-state index in [1.54, 1.807) is 30.2 Å². The first-order chi connectivity index (χ1) is 11.3. The van der Waals surface area contributed by atoms with E-state index >= 15 is 0 Å². The van der Waals surface area contributed by atoms with Gasteiger partial charge in [-0.05, 0) is 43.9 Å². The Bertz CT molecular complexity index is 689. The van der Waals surface area contributed by atoms with Gasteiger partial charge in [0.25, 0.3) is 0 Å². The van der Waals surface area contributed by atoms with Crippen molar-refractivity contribution < 1.29 is 17.9 Å². The molecule has 0 bridgehead atoms. The number of carbonyl (C=O) groups excluding carboxylic acids is 1. The van der Waals surface area contributed by atoms with Crippen molar-refractivity contribution in [3.63, 3.8) is 0 Å². The van der Waals surface area contributed by atoms with Crippen LogP contribution in [-0.4, -0.2) is 51.9 Å². The molecule has 2 amide bonds. The zero-order valence-electron chi connectivity index (χ0n) is 14.3. The summed E-state index contributed by atoms with van der Waals surface area (Å²) >= 11 is 0. The van der Waals surface area contributed by atoms with E-state index in [9.17, 15) is 13.2 Å². The lowest BCUT2D eigenvalue weighted by Gasteiger charge is -2.35. The van der Waals surface area contributed by atoms with Crippen molar-refractivity contribution in [2.75, 3.05) is 36.6 Å². The molecular weight excluding hydrogens is 330 g/mol. The number of sulfonamides is 1. The number of piperidine rings is 1. The lowest BCUT2D eigenvalue weighted by Crippen LogP contribution is -2.48. The molecule has 1 atom stereocenters. The highest BCUT2D eigenvalue weighted by Crippen LogP contribution is 2.23. The van der Waals surface area contributed by atoms with Crippen molar-refractivity contribution in [2.45, 2.75) is 32.2 Å². The summed E-state index contributed by atoms with van der Waals surface area (Å²) in [5.41, 5.74) is 1.88. The molecule has 1 fully saturated rings. The Morgan fingerprint density at radius 3 is 2.79 bits per heavy atom. The van der Waals surface area contributed by atoms with E-state index < -0.39 is 10.0 Å². The lowest BCUT2D eigenvalue weighted by molar-refractivity contribution is 0.0878. The van der Waals surface area contributed by atoms with Gasteiger partial charge >= 0.3 is 6.03 Å². The van der Waals surface area contributed by atoms with Crippen LogP contribution < -0.4 is 10.0 Å². The third kappa shape index (κ3) is 5.10. The second kappa shape index (κ2) is 7.85. The zero-order chi connectivity index (χ0) is 17.7. The summed E-state index contributed by atoms with van der Waals surface area (Å²) in [6, 6.07) is 4.95. The first-order valence-corrected chi connectivity index (χ1v) is 9.84. The van der Waals surface area contributed by atoms with E-state index in [2.05, 4.69) is 10.0 Å². The van der Waals surface area contributed by atoms with Gasteiger partial charge in [-0.2, -0.15) is 0 Å². The smallest absolute Gasteiger partial charge is 0.322 e. The third-order valence-electron chi connectivity index (χ3n) is 4.03. The number of aryl methyl sites for hydroxylation is 1. The summed E-state index contributed by atoms with van der Waals surface area (Å²) in [4.78, 5) is 14.4. The van der Waals surface area contributed by atoms with Crippen molar-refractivity contribution in [1.29, 1.82) is 0 Å². The summed E-state index contributed by atoms with van der Waals surface area (Å²) in [6.45, 7) is 3.07. The quantitative estimate of drug-likeness (QED) is 0.849. The van der Waals surface area contributed by atoms with Gasteiger partial charge in [0, 0.05) is 19.3 Å². The molecule has 1 saturated heterocycles. The van der Waals surface area contributed by atoms with Gasteiger partial charge in [0.05, 0.1) is 24.6 Å². The van der Waals surface area contributed by atoms with Crippen molar-refractivity contribution in [3.05, 3.63) is 23.8 Å². The number of anilines is 2. The summed E-state index contributed by atoms with van der Waals surface area (Å²) in [6.07, 6.45) is 4.08. The number of nitrogens with one attached hydrogen (secondary N) is 2. The van der Waals surface area contributed by atoms with Gasteiger partial charge in [-0.1, -0.05) is 6.07 Å². The van der Waals surface area contributed by atoms with Gasteiger partial charge in [0.2, 0.25) is 10.0 Å². The van der Waals surface area contributed by atoms with Crippen LogP contribution in [-0.2, 0) is 14.8 Å². The van der Waals surface area contributed by atoms with E-state index in [4.69, 9.17) is 4.74 Å². The number of rotatable bonds is 5. The molecule has 1 aromatic carbocycles. The molecule has 0 radical (unpaired) electrons. The molecule has 0 aromatic heterocycles. The maximum absolute atomic E-state index is 12.6. The number of hydrogen-bond donors (Lipinski definition) is 2. The molecule has 134 valence electrons. The summed E-state index contributed by atoms with van der Waals surface area (Å²) < 4.78 is 30.4. The van der Waals surface area contributed by atoms with E-state index in [1.165, 1.54) is 0 Å². The zero-order valence-corrected chi connectivity index (χ0v) is 15.1. The van der Waals surface area contributed by atoms with Gasteiger partial charge in [0.1, 0.15) is 0 Å². The van der Waals surface area contributed by atoms with E-state index in [-0.39, 0.29) is 12.1 Å². The molecule has 0 saturated carbocycles. The fourth-order valence-electron chi connectivity index (χ4n) is 2.85. The SMILES string of the molecule is COC[C@@H]1CCCCN1C(=O)Nc1cc(NS(C)(=O)=O)ccc1C. The fourth-order valence-corrected chi connectivity index (χ4v) is 3.41. The highest BCUT2D eigenvalue weighted by Gasteiger charge is 2.26. The Morgan fingerprint density at radius 1 is 1.38 bits per heavy atom. The number of benzene rings is 1. The second-order valence-electron chi connectivity index (χ2n) is 6.13. The minimum Gasteiger partial charge on any atom is -0.383 e. The maximum atomic E-state index is 12.6. The lowest BCUT2D eigenvalue weighted by atomic mass is 10.0. The number of ether oxygens (including phenoxy) is 1. The molecule has 1 aliphatic heterocycles. The molecule has 2 N–H and O–H groups in total. The highest BCUT2D eigenvalue weighted by atomic mass is 32.2. The molecular formula is C16H25N3O4S. The van der Waals surface area contributed by atoms with Gasteiger partial charge < -0.3 is 15.0 Å². The second-order valence-corrected chi connectivity index (χ2v) is 7.88. The molecule has 8 heteroatoms. The minimum atomic E-state index is -3.36. The Kier molecular flexibility index (Phi) is 6.06. The van der Waals surface area contributed by atoms with Crippen molar-refractivity contribution >= 4 is 27.4 Å². The maximum Gasteiger partial charge on any atom is 0.322 e. The monoisotopic (exact) mass is 355 g/mol. The number of methoxy groups -OCH3 is 1. The van der Waals surface area contributed by atoms with Crippen LogP contribution in [0.25, 0.3) is 0 Å². The predicted molar refractivity (Wildman–Crippen MR) is 94.9 cm³/mol. The molecule has 0 spiro atoms. The minimum absolute atomic E-state index is 0.0707. The summed E-state index contributed by atoms with van der Waals surface area (Å²) in [7, 11) is -1.73. The first kappa shape index (κ1) is 18.5. The number of nitrogens with zero attached hydrogens (tertiary/aromatic N) is 1. The predicted octanol–water partition coefficient (Wildman–Crippen LogP) is 2.40. The van der Waals surface area contributed by atoms with E-state index in [0.29, 0.717) is 24.5 Å². The number of hydrogen-bond acceptors (Lipinski definition) is 4. The van der Waals surface area contributed by atoms with E-state index in [0.717, 1.165) is 31.1 Å². The van der Waals surface area contributed by atoms with Crippen molar-refractivity contribution in [1.82, 2.24) is 4.90 Å². The number of likely N-dealkylation sites (tertiary alicyclic amines) is 1. The van der Waals surface area contributed by atoms with Crippen LogP contribution in [0, 0.1) is 6.92 Å². The molecule has 1 aliphatic rings. The molecule has 1 heterocycles. The summed E-state index contributed by atoms with van der Waals surface area (Å²) in [5.74, 6) is 0. The van der Waals surface area contributed by atoms with Gasteiger partial charge in [-0.15, -0.1) is 0 Å². The molecule has 0 aliphatic carbocycles. The number of urea groups is 1. The molecule has 1 aromatic rings. The van der Waals surface area contributed by atoms with Gasteiger partial charge in [0.15, 0.2) is 0 Å². The largest absolute Gasteiger partial charge is 0.383 e. The molecule has 2 rings (SSSR count). The molecule has 0 unspecified atom stereocenters. The van der Waals surface area contributed by atoms with Crippen LogP contribution in [0.4, 0.5) is 16.2 Å². The Morgan fingerprint density at radius 2 is 2.12 bits per heavy atom. The van der Waals surface area contributed by atoms with Crippen LogP contribution in [0.3, 0.4) is 0 Å². The highest BCUT2D eigenvalue weighted by molar-refractivity contribution is 7.92. The standard InChI is InChI=1S/C16H25N3O4S/c1-12-7-8-13(18-24(3,21)22)10-15(12)17-16(20)19-9-5-4-6-14(19)11-23-2/h7-8,10,14,18H,4-6,9,11H2,1-3H3,(H,17,20)/t14-/m0/s1. The van der Waals surface area contributed by atoms with E-state index in [1.807, 2.05) is 6.92 Å². The van der Waals surface area contributed by atoms with Crippen LogP contribution in [0.1, 0.15) is 24.8 Å².